The predicted octanol–water partition coefficient (Wildman–Crippen LogP) is 1.92. The molecule has 0 atom stereocenters. The van der Waals surface area contributed by atoms with Crippen LogP contribution in [-0.2, 0) is 9.53 Å². The summed E-state index contributed by atoms with van der Waals surface area (Å²) in [5.41, 5.74) is 2.02. The topological polar surface area (TPSA) is 91.8 Å². The van der Waals surface area contributed by atoms with Gasteiger partial charge in [-0.15, -0.1) is 0 Å². The van der Waals surface area contributed by atoms with Gasteiger partial charge in [0.1, 0.15) is 5.69 Å². The zero-order valence-electron chi connectivity index (χ0n) is 15.6. The molecule has 146 valence electrons. The first-order valence-electron chi connectivity index (χ1n) is 9.10. The Bertz CT molecular complexity index is 846. The summed E-state index contributed by atoms with van der Waals surface area (Å²) in [5.74, 6) is -0.566. The Balaban J connectivity index is 1.68. The molecule has 0 saturated carbocycles. The molecule has 2 aromatic rings. The van der Waals surface area contributed by atoms with E-state index in [1.807, 2.05) is 6.07 Å². The van der Waals surface area contributed by atoms with Crippen molar-refractivity contribution in [2.24, 2.45) is 0 Å². The normalized spacial score (nSPS) is 13.8. The molecule has 0 unspecified atom stereocenters. The minimum Gasteiger partial charge on any atom is -0.462 e. The number of rotatable bonds is 6. The van der Waals surface area contributed by atoms with Gasteiger partial charge in [0.15, 0.2) is 0 Å². The van der Waals surface area contributed by atoms with Crippen LogP contribution < -0.4 is 5.32 Å². The van der Waals surface area contributed by atoms with Crippen LogP contribution in [0.25, 0.3) is 0 Å². The van der Waals surface area contributed by atoms with Gasteiger partial charge in [0.25, 0.3) is 5.91 Å². The van der Waals surface area contributed by atoms with E-state index in [4.69, 9.17) is 4.74 Å². The number of carbonyl (C=O) groups excluding carboxylic acids is 3. The minimum absolute atomic E-state index is 0.163. The largest absolute Gasteiger partial charge is 0.462 e. The first-order chi connectivity index (χ1) is 13.6. The summed E-state index contributed by atoms with van der Waals surface area (Å²) in [6.45, 7) is 4.09. The zero-order valence-corrected chi connectivity index (χ0v) is 15.6. The number of nitrogens with one attached hydrogen (secondary N) is 1. The quantitative estimate of drug-likeness (QED) is 0.606. The number of hydrogen-bond acceptors (Lipinski definition) is 6. The van der Waals surface area contributed by atoms with E-state index in [9.17, 15) is 14.4 Å². The van der Waals surface area contributed by atoms with Crippen LogP contribution in [0.3, 0.4) is 0 Å². The average molecular weight is 382 g/mol. The van der Waals surface area contributed by atoms with Crippen LogP contribution in [0, 0.1) is 0 Å². The second kappa shape index (κ2) is 8.98. The van der Waals surface area contributed by atoms with Gasteiger partial charge in [0, 0.05) is 26.2 Å². The number of para-hydroxylation sites is 1. The summed E-state index contributed by atoms with van der Waals surface area (Å²) in [6.07, 6.45) is 2.35. The Hall–Kier alpha value is -3.42. The molecular weight excluding hydrogens is 360 g/mol. The molecule has 1 N–H and O–H groups in total. The van der Waals surface area contributed by atoms with Gasteiger partial charge in [-0.3, -0.25) is 9.59 Å². The van der Waals surface area contributed by atoms with Gasteiger partial charge < -0.3 is 19.9 Å². The van der Waals surface area contributed by atoms with Crippen molar-refractivity contribution in [2.75, 3.05) is 38.1 Å². The third-order valence-corrected chi connectivity index (χ3v) is 4.43. The predicted molar refractivity (Wildman–Crippen MR) is 103 cm³/mol. The van der Waals surface area contributed by atoms with Crippen molar-refractivity contribution in [1.29, 1.82) is 0 Å². The van der Waals surface area contributed by atoms with E-state index in [0.29, 0.717) is 55.4 Å². The van der Waals surface area contributed by atoms with Gasteiger partial charge in [-0.1, -0.05) is 12.1 Å². The first-order valence-corrected chi connectivity index (χ1v) is 9.10. The summed E-state index contributed by atoms with van der Waals surface area (Å²) in [6, 6.07) is 10.4. The van der Waals surface area contributed by atoms with Gasteiger partial charge in [0.05, 0.1) is 29.7 Å². The van der Waals surface area contributed by atoms with E-state index in [2.05, 4.69) is 10.3 Å². The molecule has 1 aromatic heterocycles. The van der Waals surface area contributed by atoms with Gasteiger partial charge in [-0.05, 0) is 31.2 Å². The monoisotopic (exact) mass is 382 g/mol. The SMILES string of the molecule is CCOC(=O)c1ccccc1Nc1ccc(C(=O)N2CCN(C=O)CC2)nc1. The number of ether oxygens (including phenoxy) is 1. The smallest absolute Gasteiger partial charge is 0.340 e. The number of pyridine rings is 1. The number of benzene rings is 1. The number of hydrogen-bond donors (Lipinski definition) is 1. The summed E-state index contributed by atoms with van der Waals surface area (Å²) < 4.78 is 5.07. The number of esters is 1. The number of carbonyl (C=O) groups is 3. The average Bonchev–Trinajstić information content (AvgIpc) is 2.74. The lowest BCUT2D eigenvalue weighted by Gasteiger charge is -2.32. The first kappa shape index (κ1) is 19.3. The van der Waals surface area contributed by atoms with Gasteiger partial charge in [-0.2, -0.15) is 0 Å². The van der Waals surface area contributed by atoms with Gasteiger partial charge in [0.2, 0.25) is 6.41 Å². The number of aromatic nitrogens is 1. The maximum atomic E-state index is 12.6. The van der Waals surface area contributed by atoms with Crippen molar-refractivity contribution in [1.82, 2.24) is 14.8 Å². The van der Waals surface area contributed by atoms with Crippen molar-refractivity contribution in [3.63, 3.8) is 0 Å². The fourth-order valence-corrected chi connectivity index (χ4v) is 2.92. The Kier molecular flexibility index (Phi) is 6.21. The lowest BCUT2D eigenvalue weighted by atomic mass is 10.1. The Morgan fingerprint density at radius 2 is 1.89 bits per heavy atom. The molecule has 28 heavy (non-hydrogen) atoms. The zero-order chi connectivity index (χ0) is 19.9. The highest BCUT2D eigenvalue weighted by Gasteiger charge is 2.22. The van der Waals surface area contributed by atoms with E-state index < -0.39 is 5.97 Å². The van der Waals surface area contributed by atoms with E-state index in [-0.39, 0.29) is 5.91 Å². The lowest BCUT2D eigenvalue weighted by Crippen LogP contribution is -2.48. The van der Waals surface area contributed by atoms with Crippen LogP contribution in [0.5, 0.6) is 0 Å². The number of amides is 2. The molecule has 1 saturated heterocycles. The van der Waals surface area contributed by atoms with Gasteiger partial charge >= 0.3 is 5.97 Å². The molecule has 8 heteroatoms. The van der Waals surface area contributed by atoms with E-state index in [1.54, 1.807) is 53.3 Å². The summed E-state index contributed by atoms with van der Waals surface area (Å²) in [5, 5.41) is 3.14. The molecule has 3 rings (SSSR count). The fraction of sp³-hybridized carbons (Fsp3) is 0.300. The molecule has 1 fully saturated rings. The number of piperazine rings is 1. The van der Waals surface area contributed by atoms with Crippen molar-refractivity contribution in [3.05, 3.63) is 53.9 Å². The standard InChI is InChI=1S/C20H22N4O4/c1-2-28-20(27)16-5-3-4-6-17(16)22-15-7-8-18(21-13-15)19(26)24-11-9-23(14-25)10-12-24/h3-8,13-14,22H,2,9-12H2,1H3. The van der Waals surface area contributed by atoms with Crippen LogP contribution in [0.4, 0.5) is 11.4 Å². The molecular formula is C20H22N4O4. The molecule has 1 aromatic carbocycles. The minimum atomic E-state index is -0.403. The van der Waals surface area contributed by atoms with Crippen LogP contribution in [0.1, 0.15) is 27.8 Å². The van der Waals surface area contributed by atoms with Crippen molar-refractivity contribution in [3.8, 4) is 0 Å². The Morgan fingerprint density at radius 1 is 1.14 bits per heavy atom. The van der Waals surface area contributed by atoms with Crippen molar-refractivity contribution in [2.45, 2.75) is 6.92 Å². The van der Waals surface area contributed by atoms with E-state index in [0.717, 1.165) is 6.41 Å². The van der Waals surface area contributed by atoms with E-state index in [1.165, 1.54) is 0 Å². The lowest BCUT2D eigenvalue weighted by molar-refractivity contribution is -0.119. The third-order valence-electron chi connectivity index (χ3n) is 4.43. The van der Waals surface area contributed by atoms with Crippen molar-refractivity contribution < 1.29 is 19.1 Å². The molecule has 1 aliphatic rings. The van der Waals surface area contributed by atoms with Crippen molar-refractivity contribution >= 4 is 29.7 Å². The summed E-state index contributed by atoms with van der Waals surface area (Å²) >= 11 is 0. The van der Waals surface area contributed by atoms with Crippen LogP contribution in [0.2, 0.25) is 0 Å². The molecule has 0 aliphatic carbocycles. The molecule has 2 amide bonds. The highest BCUT2D eigenvalue weighted by Crippen LogP contribution is 2.21. The maximum absolute atomic E-state index is 12.6. The molecule has 8 nitrogen and oxygen atoms in total. The molecule has 0 spiro atoms. The van der Waals surface area contributed by atoms with Gasteiger partial charge in [-0.25, -0.2) is 9.78 Å². The molecule has 1 aliphatic heterocycles. The van der Waals surface area contributed by atoms with Crippen LogP contribution in [0.15, 0.2) is 42.6 Å². The Morgan fingerprint density at radius 3 is 2.54 bits per heavy atom. The molecule has 0 bridgehead atoms. The summed E-state index contributed by atoms with van der Waals surface area (Å²) in [7, 11) is 0. The summed E-state index contributed by atoms with van der Waals surface area (Å²) in [4.78, 5) is 43.0. The Labute approximate surface area is 163 Å². The molecule has 0 radical (unpaired) electrons. The highest BCUT2D eigenvalue weighted by molar-refractivity contribution is 5.96. The highest BCUT2D eigenvalue weighted by atomic mass is 16.5. The van der Waals surface area contributed by atoms with Crippen LogP contribution in [-0.4, -0.2) is 65.9 Å². The second-order valence-corrected chi connectivity index (χ2v) is 6.26. The van der Waals surface area contributed by atoms with Crippen LogP contribution >= 0.6 is 0 Å². The second-order valence-electron chi connectivity index (χ2n) is 6.26. The number of nitrogens with zero attached hydrogens (tertiary/aromatic N) is 3. The number of anilines is 2. The fourth-order valence-electron chi connectivity index (χ4n) is 2.92. The van der Waals surface area contributed by atoms with E-state index >= 15 is 0 Å². The maximum Gasteiger partial charge on any atom is 0.340 e. The third kappa shape index (κ3) is 4.46. The molecule has 2 heterocycles.